The van der Waals surface area contributed by atoms with Crippen LogP contribution in [0, 0.1) is 0 Å². The Labute approximate surface area is 96.7 Å². The molecule has 0 saturated heterocycles. The standard InChI is InChI=1S/C12H9N3S/c13-12-14-11(16-15-12)10-6-5-8-3-1-2-4-9(8)7-10/h1-7H,(H2,13,15). The zero-order valence-electron chi connectivity index (χ0n) is 8.42. The smallest absolute Gasteiger partial charge is 0.232 e. The number of nitrogen functional groups attached to an aromatic ring is 1. The average Bonchev–Trinajstić information content (AvgIpc) is 2.75. The number of fused-ring (bicyclic) bond motifs is 1. The van der Waals surface area contributed by atoms with E-state index >= 15 is 0 Å². The first-order valence-electron chi connectivity index (χ1n) is 4.91. The van der Waals surface area contributed by atoms with Gasteiger partial charge in [0, 0.05) is 5.56 Å². The molecule has 0 aliphatic heterocycles. The van der Waals surface area contributed by atoms with Gasteiger partial charge in [0.2, 0.25) is 5.95 Å². The molecule has 0 spiro atoms. The van der Waals surface area contributed by atoms with Crippen molar-refractivity contribution in [3.05, 3.63) is 42.5 Å². The summed E-state index contributed by atoms with van der Waals surface area (Å²) < 4.78 is 3.98. The van der Waals surface area contributed by atoms with Gasteiger partial charge in [0.05, 0.1) is 0 Å². The molecule has 1 aromatic heterocycles. The Kier molecular flexibility index (Phi) is 2.08. The molecule has 0 atom stereocenters. The first-order valence-corrected chi connectivity index (χ1v) is 5.68. The highest BCUT2D eigenvalue weighted by Crippen LogP contribution is 2.25. The molecule has 0 fully saturated rings. The predicted octanol–water partition coefficient (Wildman–Crippen LogP) is 2.94. The molecule has 0 amide bonds. The Morgan fingerprint density at radius 1 is 1.00 bits per heavy atom. The minimum absolute atomic E-state index is 0.341. The van der Waals surface area contributed by atoms with Crippen LogP contribution in [0.4, 0.5) is 5.95 Å². The van der Waals surface area contributed by atoms with Crippen molar-refractivity contribution >= 4 is 28.3 Å². The summed E-state index contributed by atoms with van der Waals surface area (Å²) in [5, 5.41) is 3.29. The lowest BCUT2D eigenvalue weighted by Gasteiger charge is -1.99. The second-order valence-corrected chi connectivity index (χ2v) is 4.27. The van der Waals surface area contributed by atoms with Gasteiger partial charge in [-0.2, -0.15) is 9.36 Å². The molecule has 0 radical (unpaired) electrons. The molecule has 2 aromatic carbocycles. The van der Waals surface area contributed by atoms with Crippen LogP contribution in [0.5, 0.6) is 0 Å². The maximum absolute atomic E-state index is 5.52. The van der Waals surface area contributed by atoms with Crippen molar-refractivity contribution < 1.29 is 0 Å². The predicted molar refractivity (Wildman–Crippen MR) is 67.3 cm³/mol. The van der Waals surface area contributed by atoms with Crippen molar-refractivity contribution in [1.29, 1.82) is 0 Å². The number of benzene rings is 2. The van der Waals surface area contributed by atoms with E-state index in [2.05, 4.69) is 33.6 Å². The lowest BCUT2D eigenvalue weighted by Crippen LogP contribution is -1.85. The van der Waals surface area contributed by atoms with Crippen molar-refractivity contribution in [3.63, 3.8) is 0 Å². The van der Waals surface area contributed by atoms with Crippen LogP contribution in [0.2, 0.25) is 0 Å². The molecule has 3 nitrogen and oxygen atoms in total. The molecular formula is C12H9N3S. The van der Waals surface area contributed by atoms with Crippen LogP contribution in [0.25, 0.3) is 21.3 Å². The van der Waals surface area contributed by atoms with Crippen LogP contribution in [-0.2, 0) is 0 Å². The van der Waals surface area contributed by atoms with Gasteiger partial charge in [-0.25, -0.2) is 0 Å². The minimum atomic E-state index is 0.341. The van der Waals surface area contributed by atoms with Crippen LogP contribution in [0.15, 0.2) is 42.5 Å². The second kappa shape index (κ2) is 3.57. The van der Waals surface area contributed by atoms with Gasteiger partial charge in [-0.1, -0.05) is 36.4 Å². The largest absolute Gasteiger partial charge is 0.367 e. The summed E-state index contributed by atoms with van der Waals surface area (Å²) >= 11 is 1.33. The Hall–Kier alpha value is -1.94. The van der Waals surface area contributed by atoms with Crippen LogP contribution in [-0.4, -0.2) is 9.36 Å². The number of nitrogens with zero attached hydrogens (tertiary/aromatic N) is 2. The minimum Gasteiger partial charge on any atom is -0.367 e. The summed E-state index contributed by atoms with van der Waals surface area (Å²) in [5.41, 5.74) is 6.58. The molecule has 0 unspecified atom stereocenters. The van der Waals surface area contributed by atoms with Crippen molar-refractivity contribution in [2.45, 2.75) is 0 Å². The van der Waals surface area contributed by atoms with E-state index < -0.39 is 0 Å². The molecule has 1 heterocycles. The normalized spacial score (nSPS) is 10.8. The average molecular weight is 227 g/mol. The quantitative estimate of drug-likeness (QED) is 0.695. The van der Waals surface area contributed by atoms with Crippen LogP contribution < -0.4 is 5.73 Å². The topological polar surface area (TPSA) is 51.8 Å². The Morgan fingerprint density at radius 3 is 2.56 bits per heavy atom. The van der Waals surface area contributed by atoms with Gasteiger partial charge in [-0.3, -0.25) is 0 Å². The molecular weight excluding hydrogens is 218 g/mol. The summed E-state index contributed by atoms with van der Waals surface area (Å²) in [6.45, 7) is 0. The fourth-order valence-electron chi connectivity index (χ4n) is 1.67. The van der Waals surface area contributed by atoms with E-state index in [1.165, 1.54) is 22.3 Å². The summed E-state index contributed by atoms with van der Waals surface area (Å²) in [7, 11) is 0. The highest BCUT2D eigenvalue weighted by atomic mass is 32.1. The van der Waals surface area contributed by atoms with E-state index in [0.717, 1.165) is 10.6 Å². The van der Waals surface area contributed by atoms with E-state index in [4.69, 9.17) is 5.73 Å². The Bertz CT molecular complexity index is 645. The van der Waals surface area contributed by atoms with Crippen LogP contribution in [0.1, 0.15) is 0 Å². The fraction of sp³-hybridized carbons (Fsp3) is 0. The van der Waals surface area contributed by atoms with Gasteiger partial charge < -0.3 is 5.73 Å². The number of nitrogens with two attached hydrogens (primary N) is 1. The zero-order valence-corrected chi connectivity index (χ0v) is 9.24. The Balaban J connectivity index is 2.18. The van der Waals surface area contributed by atoms with Gasteiger partial charge in [-0.15, -0.1) is 0 Å². The molecule has 3 aromatic rings. The van der Waals surface area contributed by atoms with Crippen molar-refractivity contribution in [1.82, 2.24) is 9.36 Å². The summed E-state index contributed by atoms with van der Waals surface area (Å²) in [4.78, 5) is 4.17. The molecule has 16 heavy (non-hydrogen) atoms. The molecule has 0 bridgehead atoms. The number of rotatable bonds is 1. The fourth-order valence-corrected chi connectivity index (χ4v) is 2.26. The molecule has 2 N–H and O–H groups in total. The lowest BCUT2D eigenvalue weighted by atomic mass is 10.1. The highest BCUT2D eigenvalue weighted by molar-refractivity contribution is 7.09. The van der Waals surface area contributed by atoms with Crippen LogP contribution in [0.3, 0.4) is 0 Å². The molecule has 4 heteroatoms. The first kappa shape index (κ1) is 9.30. The van der Waals surface area contributed by atoms with E-state index in [-0.39, 0.29) is 0 Å². The maximum Gasteiger partial charge on any atom is 0.232 e. The van der Waals surface area contributed by atoms with Gasteiger partial charge in [0.25, 0.3) is 0 Å². The van der Waals surface area contributed by atoms with Crippen LogP contribution >= 0.6 is 11.5 Å². The van der Waals surface area contributed by atoms with Crippen molar-refractivity contribution in [2.24, 2.45) is 0 Å². The molecule has 0 aliphatic carbocycles. The van der Waals surface area contributed by atoms with E-state index in [9.17, 15) is 0 Å². The number of aromatic nitrogens is 2. The van der Waals surface area contributed by atoms with E-state index in [0.29, 0.717) is 5.95 Å². The molecule has 0 aliphatic rings. The number of hydrogen-bond acceptors (Lipinski definition) is 4. The zero-order chi connectivity index (χ0) is 11.0. The van der Waals surface area contributed by atoms with Gasteiger partial charge in [0.15, 0.2) is 0 Å². The Morgan fingerprint density at radius 2 is 1.81 bits per heavy atom. The maximum atomic E-state index is 5.52. The van der Waals surface area contributed by atoms with Gasteiger partial charge in [-0.05, 0) is 28.4 Å². The van der Waals surface area contributed by atoms with Crippen molar-refractivity contribution in [2.75, 3.05) is 5.73 Å². The van der Waals surface area contributed by atoms with E-state index in [1.54, 1.807) is 0 Å². The third kappa shape index (κ3) is 1.53. The lowest BCUT2D eigenvalue weighted by molar-refractivity contribution is 1.34. The van der Waals surface area contributed by atoms with Gasteiger partial charge >= 0.3 is 0 Å². The number of anilines is 1. The molecule has 78 valence electrons. The first-order chi connectivity index (χ1) is 7.83. The molecule has 0 saturated carbocycles. The number of hydrogen-bond donors (Lipinski definition) is 1. The monoisotopic (exact) mass is 227 g/mol. The third-order valence-electron chi connectivity index (χ3n) is 2.44. The second-order valence-electron chi connectivity index (χ2n) is 3.52. The van der Waals surface area contributed by atoms with E-state index in [1.807, 2.05) is 18.2 Å². The van der Waals surface area contributed by atoms with Crippen molar-refractivity contribution in [3.8, 4) is 10.6 Å². The molecule has 3 rings (SSSR count). The summed E-state index contributed by atoms with van der Waals surface area (Å²) in [5.74, 6) is 0.341. The summed E-state index contributed by atoms with van der Waals surface area (Å²) in [6.07, 6.45) is 0. The van der Waals surface area contributed by atoms with Gasteiger partial charge in [0.1, 0.15) is 5.01 Å². The highest BCUT2D eigenvalue weighted by Gasteiger charge is 2.04. The SMILES string of the molecule is Nc1nsc(-c2ccc3ccccc3c2)n1. The summed E-state index contributed by atoms with van der Waals surface area (Å²) in [6, 6.07) is 14.5. The third-order valence-corrected chi connectivity index (χ3v) is 3.22.